The number of halogens is 1. The molecule has 1 amide bonds. The van der Waals surface area contributed by atoms with Gasteiger partial charge in [-0.2, -0.15) is 4.74 Å². The van der Waals surface area contributed by atoms with Gasteiger partial charge in [0.2, 0.25) is 0 Å². The number of nitrogens with zero attached hydrogens (tertiary/aromatic N) is 2. The Morgan fingerprint density at radius 3 is 2.65 bits per heavy atom. The van der Waals surface area contributed by atoms with Crippen LogP contribution in [0, 0.1) is 5.21 Å². The number of benzene rings is 1. The maximum absolute atomic E-state index is 12.5. The highest BCUT2D eigenvalue weighted by Gasteiger charge is 2.46. The van der Waals surface area contributed by atoms with E-state index < -0.39 is 18.0 Å². The van der Waals surface area contributed by atoms with Crippen LogP contribution in [0.15, 0.2) is 24.3 Å². The molecular formula is C16H17ClN2O4. The molecule has 0 radical (unpaired) electrons. The van der Waals surface area contributed by atoms with Gasteiger partial charge in [0.05, 0.1) is 0 Å². The summed E-state index contributed by atoms with van der Waals surface area (Å²) in [5.41, 5.74) is 0.175. The molecule has 0 aromatic heterocycles. The maximum Gasteiger partial charge on any atom is 0.339 e. The zero-order chi connectivity index (χ0) is 16.6. The lowest BCUT2D eigenvalue weighted by Crippen LogP contribution is -2.59. The molecule has 3 rings (SSSR count). The summed E-state index contributed by atoms with van der Waals surface area (Å²) >= 11 is 5.78. The Hall–Kier alpha value is -1.92. The van der Waals surface area contributed by atoms with Crippen LogP contribution in [0.5, 0.6) is 0 Å². The van der Waals surface area contributed by atoms with E-state index >= 15 is 0 Å². The van der Waals surface area contributed by atoms with Gasteiger partial charge in [-0.1, -0.05) is 18.0 Å². The molecule has 7 heteroatoms. The van der Waals surface area contributed by atoms with Crippen LogP contribution in [0.25, 0.3) is 0 Å². The molecule has 0 saturated heterocycles. The Kier molecular flexibility index (Phi) is 4.37. The van der Waals surface area contributed by atoms with Crippen molar-refractivity contribution in [1.82, 2.24) is 5.06 Å². The molecule has 1 fully saturated rings. The number of rotatable bonds is 3. The van der Waals surface area contributed by atoms with Crippen LogP contribution in [0.3, 0.4) is 0 Å². The number of carbonyl (C=O) groups is 2. The van der Waals surface area contributed by atoms with Gasteiger partial charge in [0.25, 0.3) is 5.71 Å². The van der Waals surface area contributed by atoms with Crippen LogP contribution < -0.4 is 0 Å². The average molecular weight is 337 g/mol. The highest BCUT2D eigenvalue weighted by atomic mass is 35.5. The first-order chi connectivity index (χ1) is 11.0. The summed E-state index contributed by atoms with van der Waals surface area (Å²) in [4.78, 5) is 24.5. The number of fused-ring (bicyclic) bond motifs is 1. The Morgan fingerprint density at radius 1 is 1.30 bits per heavy atom. The molecule has 1 heterocycles. The smallest absolute Gasteiger partial charge is 0.339 e. The van der Waals surface area contributed by atoms with Gasteiger partial charge in [0.1, 0.15) is 12.5 Å². The molecule has 1 N–H and O–H groups in total. The van der Waals surface area contributed by atoms with Crippen molar-refractivity contribution >= 4 is 29.0 Å². The van der Waals surface area contributed by atoms with Gasteiger partial charge >= 0.3 is 5.91 Å². The molecule has 122 valence electrons. The third-order valence-corrected chi connectivity index (χ3v) is 4.78. The molecular weight excluding hydrogens is 320 g/mol. The molecule has 6 nitrogen and oxygen atoms in total. The number of hydrogen-bond donors (Lipinski definition) is 1. The highest BCUT2D eigenvalue weighted by molar-refractivity contribution is 6.40. The summed E-state index contributed by atoms with van der Waals surface area (Å²) in [5, 5.41) is 23.7. The first-order valence-corrected chi connectivity index (χ1v) is 8.00. The normalized spacial score (nSPS) is 24.6. The molecule has 1 aromatic carbocycles. The monoisotopic (exact) mass is 336 g/mol. The Labute approximate surface area is 138 Å². The SMILES string of the molecule is O=C(CC1=[N+]([O-])[C@H]2CCCC[C@H]2N(O)C1=O)c1ccc(Cl)cc1. The van der Waals surface area contributed by atoms with E-state index in [0.29, 0.717) is 33.2 Å². The number of ketones is 1. The summed E-state index contributed by atoms with van der Waals surface area (Å²) in [6.45, 7) is 0. The summed E-state index contributed by atoms with van der Waals surface area (Å²) in [6.07, 6.45) is 2.63. The van der Waals surface area contributed by atoms with Gasteiger partial charge in [0, 0.05) is 17.0 Å². The van der Waals surface area contributed by atoms with Gasteiger partial charge in [-0.25, -0.2) is 5.06 Å². The van der Waals surface area contributed by atoms with Gasteiger partial charge in [-0.15, -0.1) is 0 Å². The summed E-state index contributed by atoms with van der Waals surface area (Å²) < 4.78 is 0.646. The predicted molar refractivity (Wildman–Crippen MR) is 83.7 cm³/mol. The van der Waals surface area contributed by atoms with E-state index in [0.717, 1.165) is 12.8 Å². The molecule has 23 heavy (non-hydrogen) atoms. The van der Waals surface area contributed by atoms with Crippen molar-refractivity contribution in [2.24, 2.45) is 0 Å². The van der Waals surface area contributed by atoms with Crippen molar-refractivity contribution in [3.63, 3.8) is 0 Å². The Morgan fingerprint density at radius 2 is 1.96 bits per heavy atom. The largest absolute Gasteiger partial charge is 0.623 e. The lowest BCUT2D eigenvalue weighted by Gasteiger charge is -2.38. The topological polar surface area (TPSA) is 83.7 Å². The molecule has 2 aliphatic rings. The molecule has 1 aliphatic carbocycles. The summed E-state index contributed by atoms with van der Waals surface area (Å²) in [7, 11) is 0. The van der Waals surface area contributed by atoms with Crippen LogP contribution in [-0.2, 0) is 4.79 Å². The lowest BCUT2D eigenvalue weighted by atomic mass is 9.88. The first kappa shape index (κ1) is 16.0. The first-order valence-electron chi connectivity index (χ1n) is 7.62. The standard InChI is InChI=1S/C16H17ClN2O4/c17-11-7-5-10(6-8-11)15(20)9-14-16(21)19(23)13-4-2-1-3-12(13)18(14)22/h5-8,12-13,23H,1-4,9H2/t12-,13+/m0/s1. The number of carbonyl (C=O) groups excluding carboxylic acids is 2. The van der Waals surface area contributed by atoms with Crippen molar-refractivity contribution in [1.29, 1.82) is 0 Å². The molecule has 0 unspecified atom stereocenters. The van der Waals surface area contributed by atoms with Gasteiger partial charge in [0.15, 0.2) is 11.8 Å². The zero-order valence-corrected chi connectivity index (χ0v) is 13.2. The fourth-order valence-corrected chi connectivity index (χ4v) is 3.40. The highest BCUT2D eigenvalue weighted by Crippen LogP contribution is 2.28. The van der Waals surface area contributed by atoms with E-state index in [4.69, 9.17) is 11.6 Å². The molecule has 1 aromatic rings. The molecule has 0 spiro atoms. The number of Topliss-reactive ketones (excluding diaryl/α,β-unsaturated/α-hetero) is 1. The molecule has 1 saturated carbocycles. The molecule has 2 atom stereocenters. The van der Waals surface area contributed by atoms with E-state index in [1.54, 1.807) is 24.3 Å². The van der Waals surface area contributed by atoms with Crippen LogP contribution in [0.2, 0.25) is 5.02 Å². The van der Waals surface area contributed by atoms with Crippen LogP contribution in [-0.4, -0.2) is 44.5 Å². The van der Waals surface area contributed by atoms with Crippen molar-refractivity contribution in [3.05, 3.63) is 40.1 Å². The van der Waals surface area contributed by atoms with E-state index in [-0.39, 0.29) is 17.9 Å². The maximum atomic E-state index is 12.5. The van der Waals surface area contributed by atoms with E-state index in [9.17, 15) is 20.0 Å². The molecule has 1 aliphatic heterocycles. The second kappa shape index (κ2) is 6.29. The summed E-state index contributed by atoms with van der Waals surface area (Å²) in [5.74, 6) is -1.13. The Balaban J connectivity index is 1.86. The summed E-state index contributed by atoms with van der Waals surface area (Å²) in [6, 6.07) is 5.29. The van der Waals surface area contributed by atoms with E-state index in [2.05, 4.69) is 0 Å². The van der Waals surface area contributed by atoms with Gasteiger partial charge in [-0.3, -0.25) is 14.8 Å². The minimum atomic E-state index is -0.773. The third kappa shape index (κ3) is 2.96. The zero-order valence-electron chi connectivity index (χ0n) is 12.4. The minimum Gasteiger partial charge on any atom is -0.623 e. The van der Waals surface area contributed by atoms with Gasteiger partial charge < -0.3 is 5.21 Å². The van der Waals surface area contributed by atoms with E-state index in [1.165, 1.54) is 0 Å². The minimum absolute atomic E-state index is 0.199. The average Bonchev–Trinajstić information content (AvgIpc) is 2.57. The third-order valence-electron chi connectivity index (χ3n) is 4.52. The quantitative estimate of drug-likeness (QED) is 0.397. The lowest BCUT2D eigenvalue weighted by molar-refractivity contribution is -0.523. The second-order valence-electron chi connectivity index (χ2n) is 5.95. The Bertz CT molecular complexity index is 671. The number of hydrogen-bond acceptors (Lipinski definition) is 4. The fraction of sp³-hybridized carbons (Fsp3) is 0.438. The fourth-order valence-electron chi connectivity index (χ4n) is 3.27. The molecule has 0 bridgehead atoms. The van der Waals surface area contributed by atoms with Crippen molar-refractivity contribution < 1.29 is 19.5 Å². The van der Waals surface area contributed by atoms with Crippen molar-refractivity contribution in [2.45, 2.75) is 44.2 Å². The van der Waals surface area contributed by atoms with Crippen LogP contribution in [0.1, 0.15) is 42.5 Å². The number of hydroxylamine groups is 3. The second-order valence-corrected chi connectivity index (χ2v) is 6.38. The van der Waals surface area contributed by atoms with E-state index in [1.807, 2.05) is 0 Å². The van der Waals surface area contributed by atoms with Crippen molar-refractivity contribution in [3.8, 4) is 0 Å². The van der Waals surface area contributed by atoms with Crippen LogP contribution in [0.4, 0.5) is 0 Å². The van der Waals surface area contributed by atoms with Crippen LogP contribution >= 0.6 is 11.6 Å². The van der Waals surface area contributed by atoms with Gasteiger partial charge in [-0.05, 0) is 37.1 Å². The van der Waals surface area contributed by atoms with Crippen molar-refractivity contribution in [2.75, 3.05) is 0 Å². The predicted octanol–water partition coefficient (Wildman–Crippen LogP) is 2.41. The number of amides is 1.